The number of rotatable bonds is 2. The summed E-state index contributed by atoms with van der Waals surface area (Å²) in [4.78, 5) is 11.9. The number of aliphatic hydroxyl groups is 1. The first-order valence-electron chi connectivity index (χ1n) is 5.87. The van der Waals surface area contributed by atoms with Crippen molar-refractivity contribution in [1.82, 2.24) is 0 Å². The van der Waals surface area contributed by atoms with Gasteiger partial charge in [-0.15, -0.1) is 0 Å². The molecule has 0 saturated carbocycles. The molecular weight excluding hydrogens is 278 g/mol. The number of nitrogens with one attached hydrogen (secondary N) is 1. The second-order valence-corrected chi connectivity index (χ2v) is 4.42. The molecule has 0 radical (unpaired) electrons. The van der Waals surface area contributed by atoms with Crippen LogP contribution >= 0.6 is 11.6 Å². The van der Waals surface area contributed by atoms with E-state index < -0.39 is 0 Å². The molecule has 5 heteroatoms. The topological polar surface area (TPSA) is 62.5 Å². The van der Waals surface area contributed by atoms with Gasteiger partial charge in [0.25, 0.3) is 5.91 Å². The maximum absolute atomic E-state index is 11.9. The lowest BCUT2D eigenvalue weighted by Gasteiger charge is -2.05. The number of halogens is 1. The van der Waals surface area contributed by atoms with E-state index >= 15 is 0 Å². The second kappa shape index (κ2) is 6.29. The van der Waals surface area contributed by atoms with Crippen molar-refractivity contribution < 1.29 is 14.3 Å². The van der Waals surface area contributed by atoms with Gasteiger partial charge in [-0.25, -0.2) is 0 Å². The van der Waals surface area contributed by atoms with Crippen molar-refractivity contribution >= 4 is 23.2 Å². The number of benzene rings is 1. The number of furan rings is 1. The standard InChI is InChI=1S/C15H12ClNO3/c1-10-9-12(5-4-11(10)3-2-8-18)17-15(19)13-6-7-14(16)20-13/h4-7,9,18H,8H2,1H3,(H,17,19). The van der Waals surface area contributed by atoms with Crippen molar-refractivity contribution in [3.8, 4) is 11.8 Å². The van der Waals surface area contributed by atoms with Crippen molar-refractivity contribution in [3.63, 3.8) is 0 Å². The minimum absolute atomic E-state index is 0.150. The molecule has 0 aliphatic carbocycles. The van der Waals surface area contributed by atoms with Gasteiger partial charge >= 0.3 is 0 Å². The van der Waals surface area contributed by atoms with E-state index in [1.807, 2.05) is 6.92 Å². The molecule has 2 N–H and O–H groups in total. The van der Waals surface area contributed by atoms with E-state index in [1.165, 1.54) is 12.1 Å². The third-order valence-corrected chi connectivity index (χ3v) is 2.79. The molecule has 0 spiro atoms. The molecule has 102 valence electrons. The van der Waals surface area contributed by atoms with Crippen LogP contribution in [0.1, 0.15) is 21.7 Å². The zero-order valence-electron chi connectivity index (χ0n) is 10.7. The van der Waals surface area contributed by atoms with Crippen LogP contribution in [0.5, 0.6) is 0 Å². The van der Waals surface area contributed by atoms with Crippen LogP contribution in [0.25, 0.3) is 0 Å². The highest BCUT2D eigenvalue weighted by Crippen LogP contribution is 2.17. The SMILES string of the molecule is Cc1cc(NC(=O)c2ccc(Cl)o2)ccc1C#CCO. The quantitative estimate of drug-likeness (QED) is 0.836. The monoisotopic (exact) mass is 289 g/mol. The number of aliphatic hydroxyl groups excluding tert-OH is 1. The first-order valence-corrected chi connectivity index (χ1v) is 6.25. The number of carbonyl (C=O) groups is 1. The highest BCUT2D eigenvalue weighted by molar-refractivity contribution is 6.29. The van der Waals surface area contributed by atoms with Crippen LogP contribution < -0.4 is 5.32 Å². The van der Waals surface area contributed by atoms with Gasteiger partial charge in [0.1, 0.15) is 6.61 Å². The molecule has 0 atom stereocenters. The highest BCUT2D eigenvalue weighted by atomic mass is 35.5. The van der Waals surface area contributed by atoms with E-state index in [1.54, 1.807) is 18.2 Å². The van der Waals surface area contributed by atoms with Crippen molar-refractivity contribution in [3.05, 3.63) is 52.4 Å². The summed E-state index contributed by atoms with van der Waals surface area (Å²) in [6.45, 7) is 1.69. The Balaban J connectivity index is 2.14. The molecule has 0 aliphatic rings. The zero-order valence-corrected chi connectivity index (χ0v) is 11.5. The Labute approximate surface area is 121 Å². The number of hydrogen-bond acceptors (Lipinski definition) is 3. The Bertz CT molecular complexity index is 695. The van der Waals surface area contributed by atoms with E-state index in [0.717, 1.165) is 11.1 Å². The molecule has 20 heavy (non-hydrogen) atoms. The zero-order chi connectivity index (χ0) is 14.5. The van der Waals surface area contributed by atoms with Crippen LogP contribution in [-0.2, 0) is 0 Å². The Hall–Kier alpha value is -2.22. The molecule has 0 fully saturated rings. The minimum atomic E-state index is -0.370. The molecule has 1 aromatic carbocycles. The van der Waals surface area contributed by atoms with Gasteiger partial charge in [-0.1, -0.05) is 11.8 Å². The molecule has 2 aromatic rings. The molecule has 0 bridgehead atoms. The summed E-state index contributed by atoms with van der Waals surface area (Å²) in [6, 6.07) is 8.32. The highest BCUT2D eigenvalue weighted by Gasteiger charge is 2.11. The van der Waals surface area contributed by atoms with Gasteiger partial charge in [-0.3, -0.25) is 4.79 Å². The fraction of sp³-hybridized carbons (Fsp3) is 0.133. The van der Waals surface area contributed by atoms with Gasteiger partial charge in [-0.2, -0.15) is 0 Å². The van der Waals surface area contributed by atoms with Crippen LogP contribution in [0, 0.1) is 18.8 Å². The smallest absolute Gasteiger partial charge is 0.291 e. The predicted molar refractivity (Wildman–Crippen MR) is 76.8 cm³/mol. The predicted octanol–water partition coefficient (Wildman–Crippen LogP) is 2.84. The number of hydrogen-bond donors (Lipinski definition) is 2. The maximum atomic E-state index is 11.9. The normalized spacial score (nSPS) is 9.75. The van der Waals surface area contributed by atoms with Crippen LogP contribution in [0.15, 0.2) is 34.7 Å². The van der Waals surface area contributed by atoms with Crippen molar-refractivity contribution in [2.45, 2.75) is 6.92 Å². The van der Waals surface area contributed by atoms with Gasteiger partial charge in [0.2, 0.25) is 0 Å². The molecule has 1 heterocycles. The lowest BCUT2D eigenvalue weighted by atomic mass is 10.1. The molecule has 2 rings (SSSR count). The summed E-state index contributed by atoms with van der Waals surface area (Å²) >= 11 is 5.62. The summed E-state index contributed by atoms with van der Waals surface area (Å²) in [5.41, 5.74) is 2.34. The average molecular weight is 290 g/mol. The van der Waals surface area contributed by atoms with E-state index in [9.17, 15) is 4.79 Å². The number of carbonyl (C=O) groups excluding carboxylic acids is 1. The molecule has 0 unspecified atom stereocenters. The van der Waals surface area contributed by atoms with Gasteiger partial charge in [0.15, 0.2) is 11.0 Å². The molecular formula is C15H12ClNO3. The summed E-state index contributed by atoms with van der Waals surface area (Å²) < 4.78 is 5.03. The molecule has 1 amide bonds. The molecule has 0 aliphatic heterocycles. The van der Waals surface area contributed by atoms with Gasteiger partial charge in [0.05, 0.1) is 0 Å². The van der Waals surface area contributed by atoms with E-state index in [2.05, 4.69) is 17.2 Å². The Morgan fingerprint density at radius 2 is 2.20 bits per heavy atom. The second-order valence-electron chi connectivity index (χ2n) is 4.05. The summed E-state index contributed by atoms with van der Waals surface area (Å²) in [5.74, 6) is 5.19. The van der Waals surface area contributed by atoms with Gasteiger partial charge in [-0.05, 0) is 54.4 Å². The average Bonchev–Trinajstić information content (AvgIpc) is 2.85. The number of anilines is 1. The largest absolute Gasteiger partial charge is 0.440 e. The van der Waals surface area contributed by atoms with Gasteiger partial charge < -0.3 is 14.8 Å². The van der Waals surface area contributed by atoms with Crippen LogP contribution in [0.4, 0.5) is 5.69 Å². The third-order valence-electron chi connectivity index (χ3n) is 2.58. The van der Waals surface area contributed by atoms with Crippen LogP contribution in [0.3, 0.4) is 0 Å². The fourth-order valence-electron chi connectivity index (χ4n) is 1.65. The lowest BCUT2D eigenvalue weighted by molar-refractivity contribution is 0.0997. The first-order chi connectivity index (χ1) is 9.60. The third kappa shape index (κ3) is 3.41. The lowest BCUT2D eigenvalue weighted by Crippen LogP contribution is -2.10. The Kier molecular flexibility index (Phi) is 4.46. The van der Waals surface area contributed by atoms with Crippen molar-refractivity contribution in [2.24, 2.45) is 0 Å². The molecule has 1 aromatic heterocycles. The van der Waals surface area contributed by atoms with E-state index in [4.69, 9.17) is 21.1 Å². The van der Waals surface area contributed by atoms with Gasteiger partial charge in [0, 0.05) is 11.3 Å². The number of amides is 1. The molecule has 4 nitrogen and oxygen atoms in total. The van der Waals surface area contributed by atoms with E-state index in [0.29, 0.717) is 5.69 Å². The van der Waals surface area contributed by atoms with Crippen LogP contribution in [0.2, 0.25) is 5.22 Å². The molecule has 0 saturated heterocycles. The first kappa shape index (κ1) is 14.2. The summed E-state index contributed by atoms with van der Waals surface area (Å²) in [7, 11) is 0. The summed E-state index contributed by atoms with van der Waals surface area (Å²) in [6.07, 6.45) is 0. The Morgan fingerprint density at radius 3 is 2.80 bits per heavy atom. The maximum Gasteiger partial charge on any atom is 0.291 e. The Morgan fingerprint density at radius 1 is 1.40 bits per heavy atom. The number of aryl methyl sites for hydroxylation is 1. The fourth-order valence-corrected chi connectivity index (χ4v) is 1.79. The van der Waals surface area contributed by atoms with Crippen LogP contribution in [-0.4, -0.2) is 17.6 Å². The summed E-state index contributed by atoms with van der Waals surface area (Å²) in [5, 5.41) is 11.5. The minimum Gasteiger partial charge on any atom is -0.440 e. The van der Waals surface area contributed by atoms with E-state index in [-0.39, 0.29) is 23.5 Å². The van der Waals surface area contributed by atoms with Crippen molar-refractivity contribution in [2.75, 3.05) is 11.9 Å². The van der Waals surface area contributed by atoms with Crippen molar-refractivity contribution in [1.29, 1.82) is 0 Å².